The zero-order valence-corrected chi connectivity index (χ0v) is 14.7. The molecule has 1 aliphatic rings. The zero-order chi connectivity index (χ0) is 17.7. The molecule has 25 heavy (non-hydrogen) atoms. The number of alkyl halides is 3. The van der Waals surface area contributed by atoms with Gasteiger partial charge in [0, 0.05) is 10.8 Å². The van der Waals surface area contributed by atoms with E-state index in [0.29, 0.717) is 18.3 Å². The van der Waals surface area contributed by atoms with E-state index in [9.17, 15) is 13.2 Å². The topological polar surface area (TPSA) is 9.23 Å². The largest absolute Gasteiger partial charge is 0.493 e. The van der Waals surface area contributed by atoms with Crippen LogP contribution in [-0.4, -0.2) is 6.61 Å². The highest BCUT2D eigenvalue weighted by molar-refractivity contribution is 7.09. The van der Waals surface area contributed by atoms with Gasteiger partial charge in [-0.2, -0.15) is 13.2 Å². The van der Waals surface area contributed by atoms with E-state index in [1.54, 1.807) is 11.3 Å². The van der Waals surface area contributed by atoms with Crippen molar-refractivity contribution in [2.24, 2.45) is 5.92 Å². The fourth-order valence-electron chi connectivity index (χ4n) is 3.18. The minimum atomic E-state index is -4.30. The van der Waals surface area contributed by atoms with Crippen molar-refractivity contribution in [3.63, 3.8) is 0 Å². The molecule has 0 radical (unpaired) electrons. The molecule has 0 saturated heterocycles. The first-order valence-electron chi connectivity index (χ1n) is 8.54. The molecule has 1 aromatic heterocycles. The smallest absolute Gasteiger partial charge is 0.416 e. The van der Waals surface area contributed by atoms with Crippen LogP contribution in [0.5, 0.6) is 5.75 Å². The second-order valence-corrected chi connectivity index (χ2v) is 7.35. The van der Waals surface area contributed by atoms with Gasteiger partial charge in [0.15, 0.2) is 0 Å². The maximum atomic E-state index is 12.6. The molecule has 2 aromatic rings. The first-order valence-corrected chi connectivity index (χ1v) is 9.42. The number of thiophene rings is 1. The van der Waals surface area contributed by atoms with E-state index in [-0.39, 0.29) is 0 Å². The lowest BCUT2D eigenvalue weighted by Crippen LogP contribution is -2.12. The predicted octanol–water partition coefficient (Wildman–Crippen LogP) is 6.51. The fourth-order valence-corrected chi connectivity index (χ4v) is 3.93. The lowest BCUT2D eigenvalue weighted by molar-refractivity contribution is -0.137. The van der Waals surface area contributed by atoms with E-state index in [4.69, 9.17) is 4.74 Å². The summed E-state index contributed by atoms with van der Waals surface area (Å²) in [4.78, 5) is 1.41. The molecule has 1 nitrogen and oxygen atoms in total. The Hall–Kier alpha value is -1.75. The van der Waals surface area contributed by atoms with E-state index in [2.05, 4.69) is 23.6 Å². The van der Waals surface area contributed by atoms with Crippen LogP contribution < -0.4 is 4.74 Å². The van der Waals surface area contributed by atoms with Gasteiger partial charge < -0.3 is 4.74 Å². The van der Waals surface area contributed by atoms with Crippen LogP contribution in [0.2, 0.25) is 0 Å². The summed E-state index contributed by atoms with van der Waals surface area (Å²) in [6, 6.07) is 9.19. The van der Waals surface area contributed by atoms with Gasteiger partial charge in [0.2, 0.25) is 0 Å². The van der Waals surface area contributed by atoms with Gasteiger partial charge in [0.25, 0.3) is 0 Å². The molecule has 5 heteroatoms. The molecule has 3 rings (SSSR count). The minimum Gasteiger partial charge on any atom is -0.493 e. The van der Waals surface area contributed by atoms with Crippen molar-refractivity contribution >= 4 is 11.3 Å². The van der Waals surface area contributed by atoms with Crippen LogP contribution >= 0.6 is 11.3 Å². The Bertz CT molecular complexity index is 687. The maximum absolute atomic E-state index is 12.6. The SMILES string of the molecule is FC(F)(F)c1ccc(OC[C@H]2CCC=C2CCCc2cccs2)cc1. The molecule has 134 valence electrons. The molecule has 0 saturated carbocycles. The average molecular weight is 366 g/mol. The van der Waals surface area contributed by atoms with Crippen LogP contribution in [0, 0.1) is 5.92 Å². The van der Waals surface area contributed by atoms with Crippen LogP contribution in [0.25, 0.3) is 0 Å². The third-order valence-electron chi connectivity index (χ3n) is 4.55. The Balaban J connectivity index is 1.46. The van der Waals surface area contributed by atoms with Crippen molar-refractivity contribution in [2.45, 2.75) is 38.3 Å². The number of halogens is 3. The molecule has 0 N–H and O–H groups in total. The summed E-state index contributed by atoms with van der Waals surface area (Å²) in [5, 5.41) is 2.10. The lowest BCUT2D eigenvalue weighted by atomic mass is 9.97. The first-order chi connectivity index (χ1) is 12.0. The monoisotopic (exact) mass is 366 g/mol. The fraction of sp³-hybridized carbons (Fsp3) is 0.400. The number of allylic oxidation sites excluding steroid dienone is 1. The van der Waals surface area contributed by atoms with E-state index >= 15 is 0 Å². The minimum absolute atomic E-state index is 0.380. The van der Waals surface area contributed by atoms with Gasteiger partial charge in [-0.3, -0.25) is 0 Å². The van der Waals surface area contributed by atoms with Gasteiger partial charge in [0.1, 0.15) is 5.75 Å². The zero-order valence-electron chi connectivity index (χ0n) is 13.9. The average Bonchev–Trinajstić information content (AvgIpc) is 3.24. The Morgan fingerprint density at radius 1 is 1.08 bits per heavy atom. The van der Waals surface area contributed by atoms with Gasteiger partial charge in [-0.25, -0.2) is 0 Å². The highest BCUT2D eigenvalue weighted by atomic mass is 32.1. The van der Waals surface area contributed by atoms with Crippen molar-refractivity contribution in [1.82, 2.24) is 0 Å². The van der Waals surface area contributed by atoms with Crippen molar-refractivity contribution in [3.8, 4) is 5.75 Å². The van der Waals surface area contributed by atoms with E-state index in [1.807, 2.05) is 0 Å². The highest BCUT2D eigenvalue weighted by Crippen LogP contribution is 2.32. The Morgan fingerprint density at radius 3 is 2.56 bits per heavy atom. The van der Waals surface area contributed by atoms with Crippen LogP contribution in [0.15, 0.2) is 53.4 Å². The Labute approximate surface area is 150 Å². The molecule has 1 aliphatic carbocycles. The second kappa shape index (κ2) is 8.09. The number of aryl methyl sites for hydroxylation is 1. The van der Waals surface area contributed by atoms with Crippen LogP contribution in [0.3, 0.4) is 0 Å². The van der Waals surface area contributed by atoms with Crippen LogP contribution in [-0.2, 0) is 12.6 Å². The summed E-state index contributed by atoms with van der Waals surface area (Å²) >= 11 is 1.79. The molecule has 1 aromatic carbocycles. The number of hydrogen-bond acceptors (Lipinski definition) is 2. The van der Waals surface area contributed by atoms with Crippen molar-refractivity contribution < 1.29 is 17.9 Å². The predicted molar refractivity (Wildman–Crippen MR) is 95.0 cm³/mol. The summed E-state index contributed by atoms with van der Waals surface area (Å²) < 4.78 is 43.5. The molecular formula is C20H21F3OS. The summed E-state index contributed by atoms with van der Waals surface area (Å²) in [5.74, 6) is 0.878. The molecule has 0 bridgehead atoms. The van der Waals surface area contributed by atoms with E-state index in [1.165, 1.54) is 22.6 Å². The first kappa shape index (κ1) is 18.1. The molecule has 0 unspecified atom stereocenters. The Morgan fingerprint density at radius 2 is 1.88 bits per heavy atom. The molecule has 0 amide bonds. The number of hydrogen-bond donors (Lipinski definition) is 0. The molecular weight excluding hydrogens is 345 g/mol. The van der Waals surface area contributed by atoms with Gasteiger partial charge in [0.05, 0.1) is 12.2 Å². The molecule has 0 fully saturated rings. The standard InChI is InChI=1S/C20H21F3OS/c21-20(22,23)17-9-11-18(12-10-17)24-14-16-6-1-4-15(16)5-2-7-19-8-3-13-25-19/h3-4,8-13,16H,1-2,5-7,14H2/t16-/m1/s1. The third-order valence-corrected chi connectivity index (χ3v) is 5.48. The highest BCUT2D eigenvalue weighted by Gasteiger charge is 2.30. The lowest BCUT2D eigenvalue weighted by Gasteiger charge is -2.16. The quantitative estimate of drug-likeness (QED) is 0.508. The van der Waals surface area contributed by atoms with Crippen molar-refractivity contribution in [1.29, 1.82) is 0 Å². The van der Waals surface area contributed by atoms with Gasteiger partial charge >= 0.3 is 6.18 Å². The summed E-state index contributed by atoms with van der Waals surface area (Å²) in [7, 11) is 0. The van der Waals surface area contributed by atoms with Gasteiger partial charge in [-0.15, -0.1) is 11.3 Å². The van der Waals surface area contributed by atoms with E-state index < -0.39 is 11.7 Å². The number of benzene rings is 1. The maximum Gasteiger partial charge on any atom is 0.416 e. The molecule has 1 atom stereocenters. The Kier molecular flexibility index (Phi) is 5.84. The van der Waals surface area contributed by atoms with E-state index in [0.717, 1.165) is 44.2 Å². The van der Waals surface area contributed by atoms with Crippen LogP contribution in [0.4, 0.5) is 13.2 Å². The van der Waals surface area contributed by atoms with Gasteiger partial charge in [-0.05, 0) is 67.8 Å². The summed E-state index contributed by atoms with van der Waals surface area (Å²) in [6.07, 6.45) is 3.42. The molecule has 0 spiro atoms. The van der Waals surface area contributed by atoms with Gasteiger partial charge in [-0.1, -0.05) is 17.7 Å². The number of ether oxygens (including phenoxy) is 1. The molecule has 1 heterocycles. The van der Waals surface area contributed by atoms with Crippen molar-refractivity contribution in [2.75, 3.05) is 6.61 Å². The normalized spacial score (nSPS) is 17.6. The van der Waals surface area contributed by atoms with Crippen molar-refractivity contribution in [3.05, 3.63) is 63.9 Å². The van der Waals surface area contributed by atoms with Crippen LogP contribution in [0.1, 0.15) is 36.1 Å². The summed E-state index contributed by atoms with van der Waals surface area (Å²) in [6.45, 7) is 0.538. The second-order valence-electron chi connectivity index (χ2n) is 6.32. The summed E-state index contributed by atoms with van der Waals surface area (Å²) in [5.41, 5.74) is 0.790. The third kappa shape index (κ3) is 5.11. The molecule has 0 aliphatic heterocycles. The number of rotatable bonds is 7.